The molecule has 0 saturated carbocycles. The Morgan fingerprint density at radius 3 is 1.73 bits per heavy atom. The molecule has 0 spiro atoms. The zero-order valence-electron chi connectivity index (χ0n) is 23.5. The Hall–Kier alpha value is -5.58. The predicted octanol–water partition coefficient (Wildman–Crippen LogP) is 10.9. The molecule has 1 aliphatic rings. The van der Waals surface area contributed by atoms with Gasteiger partial charge < -0.3 is 0 Å². The first-order chi connectivity index (χ1) is 21.8. The largest absolute Gasteiger partial charge is 0.291 e. The van der Waals surface area contributed by atoms with Gasteiger partial charge in [0.1, 0.15) is 0 Å². The highest BCUT2D eigenvalue weighted by Crippen LogP contribution is 2.47. The van der Waals surface area contributed by atoms with Gasteiger partial charge in [-0.25, -0.2) is 4.98 Å². The third kappa shape index (κ3) is 3.20. The molecule has 6 aromatic carbocycles. The van der Waals surface area contributed by atoms with Crippen LogP contribution in [0.1, 0.15) is 0 Å². The van der Waals surface area contributed by atoms with Crippen molar-refractivity contribution in [1.82, 2.24) is 14.5 Å². The normalized spacial score (nSPS) is 12.1. The van der Waals surface area contributed by atoms with Crippen molar-refractivity contribution in [2.45, 2.75) is 0 Å². The molecular weight excluding hydrogens is 555 g/mol. The zero-order chi connectivity index (χ0) is 28.8. The monoisotopic (exact) mass is 577 g/mol. The first kappa shape index (κ1) is 23.9. The highest BCUT2D eigenvalue weighted by atomic mass is 32.1. The quantitative estimate of drug-likeness (QED) is 0.194. The third-order valence-corrected chi connectivity index (χ3v) is 10.2. The summed E-state index contributed by atoms with van der Waals surface area (Å²) in [5.74, 6) is 0.820. The Morgan fingerprint density at radius 2 is 1.00 bits per heavy atom. The molecule has 0 saturated heterocycles. The Bertz CT molecular complexity index is 2620. The summed E-state index contributed by atoms with van der Waals surface area (Å²) < 4.78 is 4.89. The molecule has 44 heavy (non-hydrogen) atoms. The molecular formula is C40H23N3S. The van der Waals surface area contributed by atoms with Gasteiger partial charge in [-0.05, 0) is 34.4 Å². The van der Waals surface area contributed by atoms with E-state index in [1.165, 1.54) is 58.7 Å². The van der Waals surface area contributed by atoms with Gasteiger partial charge in [-0.1, -0.05) is 121 Å². The van der Waals surface area contributed by atoms with Gasteiger partial charge in [-0.15, -0.1) is 11.3 Å². The van der Waals surface area contributed by atoms with Crippen molar-refractivity contribution >= 4 is 53.3 Å². The summed E-state index contributed by atoms with van der Waals surface area (Å²) in [6.45, 7) is 0. The van der Waals surface area contributed by atoms with E-state index in [2.05, 4.69) is 138 Å². The molecule has 0 fully saturated rings. The van der Waals surface area contributed by atoms with E-state index in [-0.39, 0.29) is 0 Å². The number of thiophene rings is 1. The van der Waals surface area contributed by atoms with Gasteiger partial charge >= 0.3 is 0 Å². The molecule has 204 valence electrons. The summed E-state index contributed by atoms with van der Waals surface area (Å²) in [6, 6.07) is 47.8. The van der Waals surface area contributed by atoms with Crippen LogP contribution in [0.15, 0.2) is 140 Å². The fourth-order valence-electron chi connectivity index (χ4n) is 7.14. The maximum atomic E-state index is 5.54. The minimum atomic E-state index is 0.820. The van der Waals surface area contributed by atoms with Crippen molar-refractivity contribution in [2.75, 3.05) is 0 Å². The maximum Gasteiger partial charge on any atom is 0.156 e. The highest BCUT2D eigenvalue weighted by Gasteiger charge is 2.25. The molecule has 0 N–H and O–H groups in total. The summed E-state index contributed by atoms with van der Waals surface area (Å²) in [7, 11) is 0. The van der Waals surface area contributed by atoms with Gasteiger partial charge in [-0.3, -0.25) is 9.55 Å². The molecule has 10 rings (SSSR count). The lowest BCUT2D eigenvalue weighted by atomic mass is 9.84. The van der Waals surface area contributed by atoms with Crippen LogP contribution < -0.4 is 0 Å². The number of benzene rings is 6. The number of hydrogen-bond acceptors (Lipinski definition) is 3. The van der Waals surface area contributed by atoms with Gasteiger partial charge in [0, 0.05) is 37.4 Å². The van der Waals surface area contributed by atoms with Crippen LogP contribution in [-0.4, -0.2) is 14.5 Å². The lowest BCUT2D eigenvalue weighted by molar-refractivity contribution is 1.05. The standard InChI is InChI=1S/C40H23N3S/c1-2-12-25-24(11-1)26-13-3-5-17-30(26)37-38(31-18-6-4-14-27(25)31)42-36(23-41-37)43-34-19-9-7-15-28(34)32-21-22-33-29-16-8-10-20-35(29)44-40(33)39(32)43/h1-23H. The lowest BCUT2D eigenvalue weighted by Crippen LogP contribution is -2.05. The average molecular weight is 578 g/mol. The summed E-state index contributed by atoms with van der Waals surface area (Å²) in [6.07, 6.45) is 1.96. The van der Waals surface area contributed by atoms with Gasteiger partial charge in [0.15, 0.2) is 5.82 Å². The summed E-state index contributed by atoms with van der Waals surface area (Å²) >= 11 is 1.85. The van der Waals surface area contributed by atoms with Crippen molar-refractivity contribution in [3.8, 4) is 50.6 Å². The van der Waals surface area contributed by atoms with Gasteiger partial charge in [0.05, 0.1) is 33.3 Å². The second-order valence-electron chi connectivity index (χ2n) is 11.4. The lowest BCUT2D eigenvalue weighted by Gasteiger charge is -2.22. The third-order valence-electron chi connectivity index (χ3n) is 9.04. The Kier molecular flexibility index (Phi) is 4.87. The number of fused-ring (bicyclic) bond motifs is 15. The van der Waals surface area contributed by atoms with Crippen molar-refractivity contribution < 1.29 is 0 Å². The average Bonchev–Trinajstić information content (AvgIpc) is 3.64. The van der Waals surface area contributed by atoms with Crippen LogP contribution in [0.3, 0.4) is 0 Å². The van der Waals surface area contributed by atoms with E-state index in [4.69, 9.17) is 9.97 Å². The van der Waals surface area contributed by atoms with E-state index in [9.17, 15) is 0 Å². The SMILES string of the molecule is c1ccc2c(c1)-c1ccccc1-c1ncc(-n3c4ccccc4c4ccc5c6ccccc6sc5c43)nc1-c1ccccc1-2. The molecule has 4 heteroatoms. The van der Waals surface area contributed by atoms with Crippen LogP contribution in [0, 0.1) is 0 Å². The molecule has 3 aromatic heterocycles. The summed E-state index contributed by atoms with van der Waals surface area (Å²) in [5.41, 5.74) is 11.1. The van der Waals surface area contributed by atoms with Gasteiger partial charge in [0.2, 0.25) is 0 Å². The second kappa shape index (κ2) is 8.96. The number of hydrogen-bond donors (Lipinski definition) is 0. The van der Waals surface area contributed by atoms with E-state index in [1.54, 1.807) is 0 Å². The molecule has 3 heterocycles. The minimum Gasteiger partial charge on any atom is -0.291 e. The predicted molar refractivity (Wildman–Crippen MR) is 185 cm³/mol. The van der Waals surface area contributed by atoms with Crippen molar-refractivity contribution in [3.05, 3.63) is 140 Å². The van der Waals surface area contributed by atoms with Crippen LogP contribution in [-0.2, 0) is 0 Å². The van der Waals surface area contributed by atoms with Crippen molar-refractivity contribution in [1.29, 1.82) is 0 Å². The first-order valence-electron chi connectivity index (χ1n) is 14.8. The number of rotatable bonds is 1. The maximum absolute atomic E-state index is 5.54. The van der Waals surface area contributed by atoms with Crippen molar-refractivity contribution in [3.63, 3.8) is 0 Å². The van der Waals surface area contributed by atoms with Crippen LogP contribution >= 0.6 is 11.3 Å². The van der Waals surface area contributed by atoms with Crippen LogP contribution in [0.25, 0.3) is 92.6 Å². The molecule has 0 radical (unpaired) electrons. The van der Waals surface area contributed by atoms with E-state index in [0.717, 1.165) is 33.8 Å². The fourth-order valence-corrected chi connectivity index (χ4v) is 8.38. The molecule has 0 aliphatic heterocycles. The fraction of sp³-hybridized carbons (Fsp3) is 0. The van der Waals surface area contributed by atoms with Crippen molar-refractivity contribution in [2.24, 2.45) is 0 Å². The molecule has 3 nitrogen and oxygen atoms in total. The Balaban J connectivity index is 1.34. The number of para-hydroxylation sites is 1. The number of aromatic nitrogens is 3. The molecule has 0 unspecified atom stereocenters. The smallest absolute Gasteiger partial charge is 0.156 e. The molecule has 1 aliphatic carbocycles. The minimum absolute atomic E-state index is 0.820. The second-order valence-corrected chi connectivity index (χ2v) is 12.4. The van der Waals surface area contributed by atoms with E-state index in [1.807, 2.05) is 17.5 Å². The molecule has 0 atom stereocenters. The van der Waals surface area contributed by atoms with Crippen LogP contribution in [0.4, 0.5) is 0 Å². The van der Waals surface area contributed by atoms with Crippen LogP contribution in [0.2, 0.25) is 0 Å². The Labute approximate surface area is 257 Å². The molecule has 0 bridgehead atoms. The number of nitrogens with zero attached hydrogens (tertiary/aromatic N) is 3. The van der Waals surface area contributed by atoms with E-state index >= 15 is 0 Å². The van der Waals surface area contributed by atoms with Crippen LogP contribution in [0.5, 0.6) is 0 Å². The molecule has 0 amide bonds. The van der Waals surface area contributed by atoms with Gasteiger partial charge in [-0.2, -0.15) is 0 Å². The summed E-state index contributed by atoms with van der Waals surface area (Å²) in [5, 5.41) is 5.01. The molecule has 9 aromatic rings. The van der Waals surface area contributed by atoms with E-state index in [0.29, 0.717) is 0 Å². The van der Waals surface area contributed by atoms with Gasteiger partial charge in [0.25, 0.3) is 0 Å². The summed E-state index contributed by atoms with van der Waals surface area (Å²) in [4.78, 5) is 10.8. The zero-order valence-corrected chi connectivity index (χ0v) is 24.3. The first-order valence-corrected chi connectivity index (χ1v) is 15.7. The highest BCUT2D eigenvalue weighted by molar-refractivity contribution is 7.26. The topological polar surface area (TPSA) is 30.7 Å². The van der Waals surface area contributed by atoms with E-state index < -0.39 is 0 Å². The Morgan fingerprint density at radius 1 is 0.455 bits per heavy atom.